The summed E-state index contributed by atoms with van der Waals surface area (Å²) in [6, 6.07) is 24.2. The van der Waals surface area contributed by atoms with Gasteiger partial charge in [-0.2, -0.15) is 0 Å². The number of benzene rings is 3. The number of para-hydroxylation sites is 1. The zero-order valence-electron chi connectivity index (χ0n) is 22.8. The first-order valence-corrected chi connectivity index (χ1v) is 14.5. The molecule has 2 heterocycles. The summed E-state index contributed by atoms with van der Waals surface area (Å²) in [6.07, 6.45) is 0. The zero-order chi connectivity index (χ0) is 28.8. The Morgan fingerprint density at radius 1 is 0.951 bits per heavy atom. The van der Waals surface area contributed by atoms with Gasteiger partial charge in [-0.05, 0) is 55.5 Å². The van der Waals surface area contributed by atoms with Crippen LogP contribution in [0.2, 0.25) is 5.02 Å². The van der Waals surface area contributed by atoms with Gasteiger partial charge in [0.05, 0.1) is 12.9 Å². The first-order chi connectivity index (χ1) is 19.9. The van der Waals surface area contributed by atoms with Gasteiger partial charge in [0, 0.05) is 41.9 Å². The zero-order valence-corrected chi connectivity index (χ0v) is 24.3. The van der Waals surface area contributed by atoms with Crippen LogP contribution in [-0.2, 0) is 9.59 Å². The molecule has 1 aliphatic heterocycles. The van der Waals surface area contributed by atoms with Crippen LogP contribution in [0.1, 0.15) is 6.92 Å². The molecule has 1 aliphatic rings. The summed E-state index contributed by atoms with van der Waals surface area (Å²) >= 11 is 7.25. The van der Waals surface area contributed by atoms with E-state index in [4.69, 9.17) is 21.1 Å². The number of ether oxygens (including phenoxy) is 2. The van der Waals surface area contributed by atoms with Crippen molar-refractivity contribution in [2.45, 2.75) is 18.1 Å². The van der Waals surface area contributed by atoms with E-state index < -0.39 is 0 Å². The van der Waals surface area contributed by atoms with Crippen LogP contribution in [0.3, 0.4) is 0 Å². The van der Waals surface area contributed by atoms with Crippen LogP contribution < -0.4 is 9.47 Å². The molecule has 3 aromatic carbocycles. The Kier molecular flexibility index (Phi) is 9.11. The average Bonchev–Trinajstić information content (AvgIpc) is 3.44. The van der Waals surface area contributed by atoms with E-state index in [0.717, 1.165) is 17.0 Å². The van der Waals surface area contributed by atoms with Crippen LogP contribution in [0.15, 0.2) is 84.0 Å². The van der Waals surface area contributed by atoms with Crippen molar-refractivity contribution in [1.82, 2.24) is 24.6 Å². The van der Waals surface area contributed by atoms with Crippen LogP contribution in [-0.4, -0.2) is 81.5 Å². The highest BCUT2D eigenvalue weighted by Gasteiger charge is 2.30. The lowest BCUT2D eigenvalue weighted by Crippen LogP contribution is -2.56. The van der Waals surface area contributed by atoms with Crippen molar-refractivity contribution in [2.75, 3.05) is 39.1 Å². The van der Waals surface area contributed by atoms with Crippen LogP contribution in [0.25, 0.3) is 17.1 Å². The number of thioether (sulfide) groups is 1. The maximum Gasteiger partial charge on any atom is 0.260 e. The molecule has 5 rings (SSSR count). The fourth-order valence-electron chi connectivity index (χ4n) is 4.65. The highest BCUT2D eigenvalue weighted by Crippen LogP contribution is 2.30. The minimum atomic E-state index is -0.133. The Morgan fingerprint density at radius 3 is 2.46 bits per heavy atom. The Labute approximate surface area is 248 Å². The Bertz CT molecular complexity index is 1500. The number of nitrogens with zero attached hydrogens (tertiary/aromatic N) is 5. The first kappa shape index (κ1) is 28.5. The predicted molar refractivity (Wildman–Crippen MR) is 159 cm³/mol. The molecule has 4 aromatic rings. The van der Waals surface area contributed by atoms with E-state index >= 15 is 0 Å². The maximum atomic E-state index is 13.2. The van der Waals surface area contributed by atoms with Gasteiger partial charge < -0.3 is 19.3 Å². The molecule has 1 atom stereocenters. The summed E-state index contributed by atoms with van der Waals surface area (Å²) in [5.41, 5.74) is 1.75. The Morgan fingerprint density at radius 2 is 1.73 bits per heavy atom. The third-order valence-corrected chi connectivity index (χ3v) is 7.94. The number of rotatable bonds is 9. The molecule has 0 radical (unpaired) electrons. The summed E-state index contributed by atoms with van der Waals surface area (Å²) in [5, 5.41) is 10.1. The highest BCUT2D eigenvalue weighted by molar-refractivity contribution is 7.99. The number of aromatic nitrogens is 3. The van der Waals surface area contributed by atoms with Crippen LogP contribution in [0.4, 0.5) is 0 Å². The molecule has 1 aromatic heterocycles. The standard InChI is InChI=1S/C30H30ClN5O4S/c1-21-18-34(15-16-35(21)27(37)19-40-25-13-11-23(31)12-14-25)28(38)20-41-30-33-32-29(22-7-6-10-26(17-22)39-2)36(30)24-8-4-3-5-9-24/h3-14,17,21H,15-16,18-20H2,1-2H3. The number of carbonyl (C=O) groups is 2. The number of carbonyl (C=O) groups excluding carboxylic acids is 2. The van der Waals surface area contributed by atoms with Crippen molar-refractivity contribution in [2.24, 2.45) is 0 Å². The minimum Gasteiger partial charge on any atom is -0.497 e. The first-order valence-electron chi connectivity index (χ1n) is 13.2. The molecule has 2 amide bonds. The van der Waals surface area contributed by atoms with Crippen LogP contribution >= 0.6 is 23.4 Å². The Balaban J connectivity index is 1.22. The number of hydrogen-bond acceptors (Lipinski definition) is 7. The molecule has 1 saturated heterocycles. The van der Waals surface area contributed by atoms with Crippen molar-refractivity contribution in [3.05, 3.63) is 83.9 Å². The summed E-state index contributed by atoms with van der Waals surface area (Å²) in [7, 11) is 1.62. The largest absolute Gasteiger partial charge is 0.497 e. The molecular weight excluding hydrogens is 562 g/mol. The lowest BCUT2D eigenvalue weighted by atomic mass is 10.2. The second kappa shape index (κ2) is 13.1. The van der Waals surface area contributed by atoms with E-state index in [9.17, 15) is 9.59 Å². The van der Waals surface area contributed by atoms with Gasteiger partial charge in [-0.1, -0.05) is 53.7 Å². The predicted octanol–water partition coefficient (Wildman–Crippen LogP) is 4.83. The third kappa shape index (κ3) is 6.83. The molecule has 41 heavy (non-hydrogen) atoms. The molecular formula is C30H30ClN5O4S. The van der Waals surface area contributed by atoms with E-state index in [1.165, 1.54) is 11.8 Å². The topological polar surface area (TPSA) is 89.8 Å². The van der Waals surface area contributed by atoms with E-state index in [2.05, 4.69) is 10.2 Å². The summed E-state index contributed by atoms with van der Waals surface area (Å²) < 4.78 is 13.0. The van der Waals surface area contributed by atoms with E-state index in [1.54, 1.807) is 41.2 Å². The third-order valence-electron chi connectivity index (χ3n) is 6.78. The normalized spacial score (nSPS) is 15.0. The van der Waals surface area contributed by atoms with Gasteiger partial charge in [-0.25, -0.2) is 0 Å². The van der Waals surface area contributed by atoms with Gasteiger partial charge in [0.25, 0.3) is 5.91 Å². The lowest BCUT2D eigenvalue weighted by molar-refractivity contribution is -0.142. The van der Waals surface area contributed by atoms with Crippen LogP contribution in [0.5, 0.6) is 11.5 Å². The number of amides is 2. The van der Waals surface area contributed by atoms with E-state index in [1.807, 2.05) is 66.1 Å². The molecule has 212 valence electrons. The van der Waals surface area contributed by atoms with Gasteiger partial charge in [-0.15, -0.1) is 10.2 Å². The quantitative estimate of drug-likeness (QED) is 0.258. The van der Waals surface area contributed by atoms with E-state index in [0.29, 0.717) is 41.4 Å². The fraction of sp³-hybridized carbons (Fsp3) is 0.267. The van der Waals surface area contributed by atoms with Crippen molar-refractivity contribution in [1.29, 1.82) is 0 Å². The highest BCUT2D eigenvalue weighted by atomic mass is 35.5. The summed E-state index contributed by atoms with van der Waals surface area (Å²) in [4.78, 5) is 29.6. The molecule has 9 nitrogen and oxygen atoms in total. The van der Waals surface area contributed by atoms with Crippen molar-refractivity contribution < 1.29 is 19.1 Å². The second-order valence-corrected chi connectivity index (χ2v) is 10.9. The average molecular weight is 592 g/mol. The summed E-state index contributed by atoms with van der Waals surface area (Å²) in [5.74, 6) is 2.03. The van der Waals surface area contributed by atoms with E-state index in [-0.39, 0.29) is 30.2 Å². The van der Waals surface area contributed by atoms with Gasteiger partial charge in [0.2, 0.25) is 5.91 Å². The van der Waals surface area contributed by atoms with Gasteiger partial charge in [-0.3, -0.25) is 14.2 Å². The molecule has 0 spiro atoms. The van der Waals surface area contributed by atoms with Gasteiger partial charge >= 0.3 is 0 Å². The number of piperazine rings is 1. The van der Waals surface area contributed by atoms with Gasteiger partial charge in [0.15, 0.2) is 17.6 Å². The lowest BCUT2D eigenvalue weighted by Gasteiger charge is -2.39. The monoisotopic (exact) mass is 591 g/mol. The smallest absolute Gasteiger partial charge is 0.260 e. The molecule has 0 saturated carbocycles. The number of halogens is 1. The van der Waals surface area contributed by atoms with Crippen molar-refractivity contribution >= 4 is 35.2 Å². The summed E-state index contributed by atoms with van der Waals surface area (Å²) in [6.45, 7) is 3.23. The number of methoxy groups -OCH3 is 1. The molecule has 11 heteroatoms. The second-order valence-electron chi connectivity index (χ2n) is 9.52. The molecule has 1 fully saturated rings. The molecule has 0 aliphatic carbocycles. The Hall–Kier alpha value is -4.02. The van der Waals surface area contributed by atoms with Crippen LogP contribution in [0, 0.1) is 0 Å². The number of hydrogen-bond donors (Lipinski definition) is 0. The molecule has 1 unspecified atom stereocenters. The van der Waals surface area contributed by atoms with Crippen molar-refractivity contribution in [3.63, 3.8) is 0 Å². The minimum absolute atomic E-state index is 0.0168. The van der Waals surface area contributed by atoms with Crippen molar-refractivity contribution in [3.8, 4) is 28.6 Å². The maximum absolute atomic E-state index is 13.2. The van der Waals surface area contributed by atoms with Gasteiger partial charge in [0.1, 0.15) is 11.5 Å². The SMILES string of the molecule is COc1cccc(-c2nnc(SCC(=O)N3CCN(C(=O)COc4ccc(Cl)cc4)C(C)C3)n2-c2ccccc2)c1. The fourth-order valence-corrected chi connectivity index (χ4v) is 5.63. The molecule has 0 bridgehead atoms. The molecule has 0 N–H and O–H groups in total.